The average molecular weight is 366 g/mol. The molecule has 4 nitrogen and oxygen atoms in total. The molecule has 1 fully saturated rings. The number of hydrogen-bond donors (Lipinski definition) is 0. The molecule has 1 aromatic heterocycles. The maximum Gasteiger partial charge on any atom is 0.255 e. The van der Waals surface area contributed by atoms with Crippen molar-refractivity contribution < 1.29 is 4.79 Å². The summed E-state index contributed by atoms with van der Waals surface area (Å²) in [5, 5.41) is 1.68. The number of halogens is 1. The summed E-state index contributed by atoms with van der Waals surface area (Å²) in [6.07, 6.45) is 1.84. The minimum absolute atomic E-state index is 0.0158. The number of hydrogen-bond acceptors (Lipinski definition) is 3. The molecule has 2 aromatic carbocycles. The van der Waals surface area contributed by atoms with Gasteiger partial charge in [-0.1, -0.05) is 48.0 Å². The summed E-state index contributed by atoms with van der Waals surface area (Å²) in [6.45, 7) is 3.96. The summed E-state index contributed by atoms with van der Waals surface area (Å²) >= 11 is 6.16. The van der Waals surface area contributed by atoms with Gasteiger partial charge < -0.3 is 4.90 Å². The van der Waals surface area contributed by atoms with E-state index in [2.05, 4.69) is 34.1 Å². The normalized spacial score (nSPS) is 15.3. The van der Waals surface area contributed by atoms with E-state index in [1.807, 2.05) is 29.3 Å². The van der Waals surface area contributed by atoms with Crippen LogP contribution in [0.15, 0.2) is 60.8 Å². The van der Waals surface area contributed by atoms with E-state index in [9.17, 15) is 4.79 Å². The van der Waals surface area contributed by atoms with Gasteiger partial charge in [0.05, 0.1) is 16.1 Å². The predicted octanol–water partition coefficient (Wildman–Crippen LogP) is 3.85. The molecule has 0 atom stereocenters. The number of fused-ring (bicyclic) bond motifs is 1. The van der Waals surface area contributed by atoms with Crippen molar-refractivity contribution in [1.29, 1.82) is 0 Å². The van der Waals surface area contributed by atoms with Gasteiger partial charge in [0.15, 0.2) is 0 Å². The lowest BCUT2D eigenvalue weighted by molar-refractivity contribution is 0.0629. The monoisotopic (exact) mass is 365 g/mol. The van der Waals surface area contributed by atoms with Crippen LogP contribution in [0.4, 0.5) is 0 Å². The van der Waals surface area contributed by atoms with Crippen LogP contribution in [0, 0.1) is 0 Å². The molecule has 0 spiro atoms. The predicted molar refractivity (Wildman–Crippen MR) is 104 cm³/mol. The first-order valence-corrected chi connectivity index (χ1v) is 9.19. The molecule has 0 aliphatic carbocycles. The maximum absolute atomic E-state index is 12.7. The molecular weight excluding hydrogens is 346 g/mol. The van der Waals surface area contributed by atoms with Gasteiger partial charge in [0.1, 0.15) is 0 Å². The standard InChI is InChI=1S/C21H20ClN3O/c22-19-9-2-1-8-18(19)21(26)25-13-11-24(12-14-25)15-17-6-3-5-16-7-4-10-23-20(16)17/h1-10H,11-15H2. The molecule has 4 rings (SSSR count). The van der Waals surface area contributed by atoms with Gasteiger partial charge in [0, 0.05) is 44.3 Å². The van der Waals surface area contributed by atoms with E-state index in [0.29, 0.717) is 23.7 Å². The second kappa shape index (κ2) is 7.44. The molecule has 5 heteroatoms. The number of piperazine rings is 1. The topological polar surface area (TPSA) is 36.4 Å². The zero-order valence-corrected chi connectivity index (χ0v) is 15.2. The third-order valence-electron chi connectivity index (χ3n) is 4.87. The van der Waals surface area contributed by atoms with Gasteiger partial charge in [0.25, 0.3) is 5.91 Å². The first-order valence-electron chi connectivity index (χ1n) is 8.81. The Hall–Kier alpha value is -2.43. The maximum atomic E-state index is 12.7. The molecule has 2 heterocycles. The molecule has 1 amide bonds. The second-order valence-corrected chi connectivity index (χ2v) is 6.95. The molecule has 0 unspecified atom stereocenters. The molecule has 0 saturated carbocycles. The van der Waals surface area contributed by atoms with E-state index in [0.717, 1.165) is 30.5 Å². The summed E-state index contributed by atoms with van der Waals surface area (Å²) in [7, 11) is 0. The molecule has 132 valence electrons. The van der Waals surface area contributed by atoms with Crippen molar-refractivity contribution in [2.75, 3.05) is 26.2 Å². The lowest BCUT2D eigenvalue weighted by Crippen LogP contribution is -2.48. The van der Waals surface area contributed by atoms with E-state index in [1.165, 1.54) is 5.56 Å². The van der Waals surface area contributed by atoms with Gasteiger partial charge >= 0.3 is 0 Å². The highest BCUT2D eigenvalue weighted by Gasteiger charge is 2.23. The van der Waals surface area contributed by atoms with Crippen LogP contribution in [-0.4, -0.2) is 46.9 Å². The highest BCUT2D eigenvalue weighted by Crippen LogP contribution is 2.20. The summed E-state index contributed by atoms with van der Waals surface area (Å²) in [6, 6.07) is 17.6. The van der Waals surface area contributed by atoms with Crippen LogP contribution in [0.1, 0.15) is 15.9 Å². The number of pyridine rings is 1. The largest absolute Gasteiger partial charge is 0.336 e. The van der Waals surface area contributed by atoms with Gasteiger partial charge in [-0.15, -0.1) is 0 Å². The fourth-order valence-electron chi connectivity index (χ4n) is 3.45. The molecule has 0 N–H and O–H groups in total. The molecule has 1 saturated heterocycles. The number of carbonyl (C=O) groups is 1. The first-order chi connectivity index (χ1) is 12.7. The zero-order valence-electron chi connectivity index (χ0n) is 14.4. The highest BCUT2D eigenvalue weighted by molar-refractivity contribution is 6.33. The number of rotatable bonds is 3. The van der Waals surface area contributed by atoms with Crippen molar-refractivity contribution >= 4 is 28.4 Å². The number of para-hydroxylation sites is 1. The van der Waals surface area contributed by atoms with E-state index in [1.54, 1.807) is 12.1 Å². The molecule has 1 aliphatic rings. The van der Waals surface area contributed by atoms with Gasteiger partial charge in [-0.25, -0.2) is 0 Å². The van der Waals surface area contributed by atoms with Crippen molar-refractivity contribution in [3.8, 4) is 0 Å². The Kier molecular flexibility index (Phi) is 4.87. The second-order valence-electron chi connectivity index (χ2n) is 6.54. The van der Waals surface area contributed by atoms with Crippen molar-refractivity contribution in [2.45, 2.75) is 6.54 Å². The molecule has 0 bridgehead atoms. The molecular formula is C21H20ClN3O. The summed E-state index contributed by atoms with van der Waals surface area (Å²) < 4.78 is 0. The Morgan fingerprint density at radius 2 is 1.73 bits per heavy atom. The van der Waals surface area contributed by atoms with Gasteiger partial charge in [-0.05, 0) is 23.8 Å². The average Bonchev–Trinajstić information content (AvgIpc) is 2.69. The van der Waals surface area contributed by atoms with Crippen LogP contribution in [0.5, 0.6) is 0 Å². The lowest BCUT2D eigenvalue weighted by atomic mass is 10.1. The molecule has 0 radical (unpaired) electrons. The summed E-state index contributed by atoms with van der Waals surface area (Å²) in [5.41, 5.74) is 2.87. The fourth-order valence-corrected chi connectivity index (χ4v) is 3.67. The SMILES string of the molecule is O=C(c1ccccc1Cl)N1CCN(Cc2cccc3cccnc23)CC1. The third-order valence-corrected chi connectivity index (χ3v) is 5.20. The van der Waals surface area contributed by atoms with Crippen LogP contribution in [0.3, 0.4) is 0 Å². The summed E-state index contributed by atoms with van der Waals surface area (Å²) in [4.78, 5) is 21.5. The Morgan fingerprint density at radius 3 is 2.54 bits per heavy atom. The Bertz CT molecular complexity index is 930. The van der Waals surface area contributed by atoms with Crippen molar-refractivity contribution in [3.05, 3.63) is 76.9 Å². The number of aromatic nitrogens is 1. The fraction of sp³-hybridized carbons (Fsp3) is 0.238. The highest BCUT2D eigenvalue weighted by atomic mass is 35.5. The first kappa shape index (κ1) is 17.0. The van der Waals surface area contributed by atoms with Gasteiger partial charge in [-0.2, -0.15) is 0 Å². The van der Waals surface area contributed by atoms with Crippen LogP contribution >= 0.6 is 11.6 Å². The number of carbonyl (C=O) groups excluding carboxylic acids is 1. The van der Waals surface area contributed by atoms with Gasteiger partial charge in [0.2, 0.25) is 0 Å². The van der Waals surface area contributed by atoms with E-state index >= 15 is 0 Å². The Morgan fingerprint density at radius 1 is 0.962 bits per heavy atom. The number of nitrogens with zero attached hydrogens (tertiary/aromatic N) is 3. The molecule has 1 aliphatic heterocycles. The lowest BCUT2D eigenvalue weighted by Gasteiger charge is -2.35. The van der Waals surface area contributed by atoms with E-state index in [4.69, 9.17) is 11.6 Å². The minimum Gasteiger partial charge on any atom is -0.336 e. The number of benzene rings is 2. The number of amides is 1. The van der Waals surface area contributed by atoms with Crippen molar-refractivity contribution in [2.24, 2.45) is 0 Å². The van der Waals surface area contributed by atoms with Crippen molar-refractivity contribution in [1.82, 2.24) is 14.8 Å². The zero-order chi connectivity index (χ0) is 17.9. The minimum atomic E-state index is 0.0158. The smallest absolute Gasteiger partial charge is 0.255 e. The Labute approximate surface area is 158 Å². The molecule has 3 aromatic rings. The summed E-state index contributed by atoms with van der Waals surface area (Å²) in [5.74, 6) is 0.0158. The van der Waals surface area contributed by atoms with Crippen LogP contribution in [-0.2, 0) is 6.54 Å². The van der Waals surface area contributed by atoms with Crippen molar-refractivity contribution in [3.63, 3.8) is 0 Å². The van der Waals surface area contributed by atoms with E-state index < -0.39 is 0 Å². The Balaban J connectivity index is 1.42. The van der Waals surface area contributed by atoms with E-state index in [-0.39, 0.29) is 5.91 Å². The van der Waals surface area contributed by atoms with Crippen LogP contribution in [0.25, 0.3) is 10.9 Å². The molecule has 26 heavy (non-hydrogen) atoms. The van der Waals surface area contributed by atoms with Gasteiger partial charge in [-0.3, -0.25) is 14.7 Å². The van der Waals surface area contributed by atoms with Crippen LogP contribution < -0.4 is 0 Å². The quantitative estimate of drug-likeness (QED) is 0.707. The third kappa shape index (κ3) is 3.43. The van der Waals surface area contributed by atoms with Crippen LogP contribution in [0.2, 0.25) is 5.02 Å².